The summed E-state index contributed by atoms with van der Waals surface area (Å²) in [5.74, 6) is 1.15. The van der Waals surface area contributed by atoms with E-state index in [1.807, 2.05) is 0 Å². The first-order chi connectivity index (χ1) is 12.7. The Bertz CT molecular complexity index is 907. The van der Waals surface area contributed by atoms with E-state index in [0.29, 0.717) is 0 Å². The van der Waals surface area contributed by atoms with Crippen molar-refractivity contribution in [2.75, 3.05) is 37.0 Å². The van der Waals surface area contributed by atoms with E-state index in [-0.39, 0.29) is 0 Å². The molecule has 3 aromatic rings. The van der Waals surface area contributed by atoms with Crippen molar-refractivity contribution in [3.63, 3.8) is 0 Å². The average molecular weight is 345 g/mol. The van der Waals surface area contributed by atoms with Crippen molar-refractivity contribution in [2.24, 2.45) is 0 Å². The summed E-state index contributed by atoms with van der Waals surface area (Å²) >= 11 is 0. The van der Waals surface area contributed by atoms with Crippen LogP contribution >= 0.6 is 0 Å². The molecule has 1 aliphatic heterocycles. The topological polar surface area (TPSA) is 19.4 Å². The first-order valence-electron chi connectivity index (χ1n) is 9.61. The van der Waals surface area contributed by atoms with Crippen molar-refractivity contribution in [3.8, 4) is 11.1 Å². The molecule has 0 amide bonds. The van der Waals surface area contributed by atoms with Crippen LogP contribution in [0.5, 0.6) is 0 Å². The van der Waals surface area contributed by atoms with Gasteiger partial charge in [0.2, 0.25) is 0 Å². The predicted octanol–water partition coefficient (Wildman–Crippen LogP) is 5.13. The highest BCUT2D eigenvalue weighted by Gasteiger charge is 2.18. The van der Waals surface area contributed by atoms with Crippen molar-refractivity contribution in [1.29, 1.82) is 0 Å². The minimum atomic E-state index is 1.05. The second-order valence-corrected chi connectivity index (χ2v) is 7.36. The summed E-state index contributed by atoms with van der Waals surface area (Å²) in [6.45, 7) is 4.46. The second kappa shape index (κ2) is 6.99. The van der Waals surface area contributed by atoms with Gasteiger partial charge in [0.25, 0.3) is 0 Å². The summed E-state index contributed by atoms with van der Waals surface area (Å²) in [6, 6.07) is 15.6. The van der Waals surface area contributed by atoms with Gasteiger partial charge in [0.15, 0.2) is 0 Å². The van der Waals surface area contributed by atoms with Crippen LogP contribution in [0, 0.1) is 0 Å². The minimum absolute atomic E-state index is 1.05. The Balaban J connectivity index is 1.86. The summed E-state index contributed by atoms with van der Waals surface area (Å²) in [5.41, 5.74) is 5.04. The number of aromatic nitrogens is 1. The number of benzene rings is 2. The SMILES string of the molecule is CCc1ccc2c(-c3ccc(N(C)C)cc3)cnc(N3CCCC3)c2c1. The Morgan fingerprint density at radius 2 is 1.69 bits per heavy atom. The van der Waals surface area contributed by atoms with Crippen molar-refractivity contribution < 1.29 is 0 Å². The van der Waals surface area contributed by atoms with E-state index in [4.69, 9.17) is 4.98 Å². The van der Waals surface area contributed by atoms with E-state index >= 15 is 0 Å². The van der Waals surface area contributed by atoms with Gasteiger partial charge in [0.1, 0.15) is 5.82 Å². The first kappa shape index (κ1) is 16.9. The molecule has 0 radical (unpaired) electrons. The summed E-state index contributed by atoms with van der Waals surface area (Å²) in [4.78, 5) is 9.49. The first-order valence-corrected chi connectivity index (χ1v) is 9.61. The van der Waals surface area contributed by atoms with Gasteiger partial charge in [0, 0.05) is 50.0 Å². The van der Waals surface area contributed by atoms with E-state index in [1.165, 1.54) is 46.0 Å². The fourth-order valence-electron chi connectivity index (χ4n) is 3.85. The van der Waals surface area contributed by atoms with Gasteiger partial charge in [-0.2, -0.15) is 0 Å². The number of fused-ring (bicyclic) bond motifs is 1. The average Bonchev–Trinajstić information content (AvgIpc) is 3.21. The molecule has 1 aliphatic rings. The number of nitrogens with zero attached hydrogens (tertiary/aromatic N) is 3. The van der Waals surface area contributed by atoms with E-state index in [0.717, 1.165) is 25.3 Å². The van der Waals surface area contributed by atoms with Crippen molar-refractivity contribution in [3.05, 3.63) is 54.2 Å². The normalized spacial score (nSPS) is 14.2. The number of pyridine rings is 1. The van der Waals surface area contributed by atoms with Crippen LogP contribution in [0.15, 0.2) is 48.7 Å². The minimum Gasteiger partial charge on any atom is -0.378 e. The van der Waals surface area contributed by atoms with Gasteiger partial charge >= 0.3 is 0 Å². The molecule has 26 heavy (non-hydrogen) atoms. The summed E-state index contributed by atoms with van der Waals surface area (Å²) in [7, 11) is 4.14. The molecule has 0 saturated carbocycles. The Morgan fingerprint density at radius 3 is 2.35 bits per heavy atom. The molecular formula is C23H27N3. The summed E-state index contributed by atoms with van der Waals surface area (Å²) < 4.78 is 0. The van der Waals surface area contributed by atoms with Crippen LogP contribution in [-0.4, -0.2) is 32.2 Å². The zero-order valence-corrected chi connectivity index (χ0v) is 16.0. The summed E-state index contributed by atoms with van der Waals surface area (Å²) in [6.07, 6.45) is 5.65. The molecule has 0 spiro atoms. The van der Waals surface area contributed by atoms with E-state index < -0.39 is 0 Å². The van der Waals surface area contributed by atoms with Gasteiger partial charge in [0.05, 0.1) is 0 Å². The molecule has 0 bridgehead atoms. The quantitative estimate of drug-likeness (QED) is 0.653. The highest BCUT2D eigenvalue weighted by Crippen LogP contribution is 2.35. The highest BCUT2D eigenvalue weighted by molar-refractivity contribution is 6.02. The lowest BCUT2D eigenvalue weighted by atomic mass is 9.98. The fraction of sp³-hybridized carbons (Fsp3) is 0.348. The lowest BCUT2D eigenvalue weighted by Crippen LogP contribution is -2.19. The van der Waals surface area contributed by atoms with Gasteiger partial charge in [-0.05, 0) is 54.0 Å². The molecule has 2 aromatic carbocycles. The van der Waals surface area contributed by atoms with Crippen LogP contribution in [-0.2, 0) is 6.42 Å². The molecule has 1 saturated heterocycles. The van der Waals surface area contributed by atoms with Gasteiger partial charge < -0.3 is 9.80 Å². The zero-order chi connectivity index (χ0) is 18.1. The standard InChI is InChI=1S/C23H27N3/c1-4-17-7-12-20-21(15-17)23(26-13-5-6-14-26)24-16-22(20)18-8-10-19(11-9-18)25(2)3/h7-12,15-16H,4-6,13-14H2,1-3H3. The smallest absolute Gasteiger partial charge is 0.136 e. The molecule has 134 valence electrons. The zero-order valence-electron chi connectivity index (χ0n) is 16.0. The molecule has 2 heterocycles. The molecule has 3 nitrogen and oxygen atoms in total. The van der Waals surface area contributed by atoms with Crippen LogP contribution < -0.4 is 9.80 Å². The van der Waals surface area contributed by atoms with Crippen LogP contribution in [0.2, 0.25) is 0 Å². The third-order valence-electron chi connectivity index (χ3n) is 5.44. The lowest BCUT2D eigenvalue weighted by Gasteiger charge is -2.20. The molecule has 0 atom stereocenters. The van der Waals surface area contributed by atoms with E-state index in [1.54, 1.807) is 0 Å². The van der Waals surface area contributed by atoms with Crippen molar-refractivity contribution in [2.45, 2.75) is 26.2 Å². The lowest BCUT2D eigenvalue weighted by molar-refractivity contribution is 0.946. The third-order valence-corrected chi connectivity index (χ3v) is 5.44. The third kappa shape index (κ3) is 3.03. The Hall–Kier alpha value is -2.55. The molecule has 4 rings (SSSR count). The summed E-state index contributed by atoms with van der Waals surface area (Å²) in [5, 5.41) is 2.59. The maximum Gasteiger partial charge on any atom is 0.136 e. The van der Waals surface area contributed by atoms with E-state index in [2.05, 4.69) is 79.5 Å². The Kier molecular flexibility index (Phi) is 4.54. The molecule has 3 heteroatoms. The maximum absolute atomic E-state index is 4.91. The van der Waals surface area contributed by atoms with Crippen molar-refractivity contribution in [1.82, 2.24) is 4.98 Å². The Morgan fingerprint density at radius 1 is 0.962 bits per heavy atom. The van der Waals surface area contributed by atoms with E-state index in [9.17, 15) is 0 Å². The molecular weight excluding hydrogens is 318 g/mol. The van der Waals surface area contributed by atoms with Gasteiger partial charge in [-0.1, -0.05) is 31.2 Å². The largest absolute Gasteiger partial charge is 0.378 e. The van der Waals surface area contributed by atoms with Crippen molar-refractivity contribution >= 4 is 22.3 Å². The molecule has 0 aliphatic carbocycles. The molecule has 0 unspecified atom stereocenters. The number of anilines is 2. The van der Waals surface area contributed by atoms with Gasteiger partial charge in [-0.25, -0.2) is 4.98 Å². The van der Waals surface area contributed by atoms with Gasteiger partial charge in [-0.15, -0.1) is 0 Å². The monoisotopic (exact) mass is 345 g/mol. The highest BCUT2D eigenvalue weighted by atomic mass is 15.2. The Labute approximate surface area is 156 Å². The number of aryl methyl sites for hydroxylation is 1. The van der Waals surface area contributed by atoms with Crippen LogP contribution in [0.3, 0.4) is 0 Å². The molecule has 1 fully saturated rings. The van der Waals surface area contributed by atoms with Crippen LogP contribution in [0.1, 0.15) is 25.3 Å². The second-order valence-electron chi connectivity index (χ2n) is 7.36. The molecule has 1 aromatic heterocycles. The molecule has 0 N–H and O–H groups in total. The fourth-order valence-corrected chi connectivity index (χ4v) is 3.85. The van der Waals surface area contributed by atoms with Crippen LogP contribution in [0.4, 0.5) is 11.5 Å². The maximum atomic E-state index is 4.91. The van der Waals surface area contributed by atoms with Gasteiger partial charge in [-0.3, -0.25) is 0 Å². The van der Waals surface area contributed by atoms with Crippen LogP contribution in [0.25, 0.3) is 21.9 Å². The number of hydrogen-bond acceptors (Lipinski definition) is 3. The number of hydrogen-bond donors (Lipinski definition) is 0. The predicted molar refractivity (Wildman–Crippen MR) is 112 cm³/mol. The number of rotatable bonds is 4.